The Balaban J connectivity index is 1.67. The van der Waals surface area contributed by atoms with Gasteiger partial charge < -0.3 is 10.1 Å². The Bertz CT molecular complexity index is 745. The number of hydrogen-bond donors (Lipinski definition) is 1. The van der Waals surface area contributed by atoms with Gasteiger partial charge in [-0.1, -0.05) is 6.42 Å². The highest BCUT2D eigenvalue weighted by atomic mass is 32.2. The van der Waals surface area contributed by atoms with Gasteiger partial charge in [-0.2, -0.15) is 0 Å². The number of carbonyl (C=O) groups is 1. The highest BCUT2D eigenvalue weighted by Gasteiger charge is 2.40. The molecule has 0 saturated heterocycles. The first-order valence-corrected chi connectivity index (χ1v) is 11.1. The Morgan fingerprint density at radius 2 is 1.92 bits per heavy atom. The summed E-state index contributed by atoms with van der Waals surface area (Å²) in [4.78, 5) is 12.5. The van der Waals surface area contributed by atoms with E-state index in [0.717, 1.165) is 22.9 Å². The minimum atomic E-state index is -3.56. The number of hydrogen-bond acceptors (Lipinski definition) is 4. The average molecular weight is 381 g/mol. The van der Waals surface area contributed by atoms with Crippen LogP contribution in [0.2, 0.25) is 0 Å². The number of amides is 1. The van der Waals surface area contributed by atoms with Gasteiger partial charge in [0.2, 0.25) is 15.9 Å². The molecule has 0 spiro atoms. The van der Waals surface area contributed by atoms with Crippen molar-refractivity contribution in [2.75, 3.05) is 17.1 Å². The predicted octanol–water partition coefficient (Wildman–Crippen LogP) is 2.54. The fourth-order valence-corrected chi connectivity index (χ4v) is 5.02. The van der Waals surface area contributed by atoms with Crippen molar-refractivity contribution in [3.63, 3.8) is 0 Å². The molecule has 2 fully saturated rings. The Hall–Kier alpha value is -1.76. The van der Waals surface area contributed by atoms with E-state index < -0.39 is 10.0 Å². The maximum atomic E-state index is 12.5. The van der Waals surface area contributed by atoms with Crippen LogP contribution < -0.4 is 14.4 Å². The molecule has 144 valence electrons. The number of nitrogens with one attached hydrogen (secondary N) is 1. The van der Waals surface area contributed by atoms with Gasteiger partial charge in [-0.25, -0.2) is 8.42 Å². The summed E-state index contributed by atoms with van der Waals surface area (Å²) in [6, 6.07) is 6.99. The van der Waals surface area contributed by atoms with Gasteiger partial charge >= 0.3 is 0 Å². The van der Waals surface area contributed by atoms with Gasteiger partial charge in [0, 0.05) is 6.04 Å². The minimum Gasteiger partial charge on any atom is -0.491 e. The molecule has 1 amide bonds. The van der Waals surface area contributed by atoms with E-state index in [1.807, 2.05) is 13.8 Å². The lowest BCUT2D eigenvalue weighted by molar-refractivity contribution is -0.120. The number of sulfonamides is 1. The van der Waals surface area contributed by atoms with Crippen LogP contribution >= 0.6 is 0 Å². The number of ether oxygens (including phenoxy) is 1. The van der Waals surface area contributed by atoms with Gasteiger partial charge in [-0.05, 0) is 69.2 Å². The fraction of sp³-hybridized carbons (Fsp3) is 0.632. The van der Waals surface area contributed by atoms with Crippen molar-refractivity contribution in [3.05, 3.63) is 24.3 Å². The number of carbonyl (C=O) groups excluding carboxylic acids is 1. The standard InChI is InChI=1S/C19H28N2O4S/c1-13(2)25-17-8-6-16(7-9-17)21(26(3,23)24)12-19(22)20-18-11-14-4-5-15(18)10-14/h6-9,13-15,18H,4-5,10-12H2,1-3H3,(H,20,22). The Morgan fingerprint density at radius 3 is 2.42 bits per heavy atom. The Labute approximate surface area is 156 Å². The van der Waals surface area contributed by atoms with E-state index in [0.29, 0.717) is 17.4 Å². The smallest absolute Gasteiger partial charge is 0.241 e. The van der Waals surface area contributed by atoms with Crippen LogP contribution in [0.5, 0.6) is 5.75 Å². The summed E-state index contributed by atoms with van der Waals surface area (Å²) < 4.78 is 31.2. The normalized spacial score (nSPS) is 24.7. The van der Waals surface area contributed by atoms with Gasteiger partial charge in [0.05, 0.1) is 18.0 Å². The van der Waals surface area contributed by atoms with E-state index >= 15 is 0 Å². The summed E-state index contributed by atoms with van der Waals surface area (Å²) in [5, 5.41) is 3.05. The largest absolute Gasteiger partial charge is 0.491 e. The number of rotatable bonds is 7. The highest BCUT2D eigenvalue weighted by Crippen LogP contribution is 2.44. The van der Waals surface area contributed by atoms with Gasteiger partial charge in [0.25, 0.3) is 0 Å². The van der Waals surface area contributed by atoms with E-state index in [1.54, 1.807) is 24.3 Å². The molecule has 2 aliphatic carbocycles. The number of anilines is 1. The molecule has 0 aliphatic heterocycles. The van der Waals surface area contributed by atoms with Crippen LogP contribution in [0.15, 0.2) is 24.3 Å². The van der Waals surface area contributed by atoms with Crippen LogP contribution in [0.3, 0.4) is 0 Å². The average Bonchev–Trinajstić information content (AvgIpc) is 3.15. The van der Waals surface area contributed by atoms with Crippen LogP contribution in [0.4, 0.5) is 5.69 Å². The molecule has 0 radical (unpaired) electrons. The highest BCUT2D eigenvalue weighted by molar-refractivity contribution is 7.92. The minimum absolute atomic E-state index is 0.0411. The molecular weight excluding hydrogens is 352 g/mol. The first-order chi connectivity index (χ1) is 12.2. The summed E-state index contributed by atoms with van der Waals surface area (Å²) in [5.41, 5.74) is 0.465. The molecule has 26 heavy (non-hydrogen) atoms. The van der Waals surface area contributed by atoms with Crippen molar-refractivity contribution in [3.8, 4) is 5.75 Å². The second-order valence-electron chi connectivity index (χ2n) is 7.78. The molecule has 3 atom stereocenters. The summed E-state index contributed by atoms with van der Waals surface area (Å²) in [5.74, 6) is 1.71. The third kappa shape index (κ3) is 4.50. The Morgan fingerprint density at radius 1 is 1.23 bits per heavy atom. The van der Waals surface area contributed by atoms with Crippen molar-refractivity contribution in [1.29, 1.82) is 0 Å². The predicted molar refractivity (Wildman–Crippen MR) is 102 cm³/mol. The third-order valence-corrected chi connectivity index (χ3v) is 6.41. The van der Waals surface area contributed by atoms with Crippen LogP contribution in [-0.4, -0.2) is 39.3 Å². The summed E-state index contributed by atoms with van der Waals surface area (Å²) in [6.07, 6.45) is 5.81. The maximum Gasteiger partial charge on any atom is 0.241 e. The second-order valence-corrected chi connectivity index (χ2v) is 9.69. The zero-order valence-corrected chi connectivity index (χ0v) is 16.5. The molecule has 3 rings (SSSR count). The van der Waals surface area contributed by atoms with Crippen LogP contribution in [0, 0.1) is 11.8 Å². The number of nitrogens with zero attached hydrogens (tertiary/aromatic N) is 1. The van der Waals surface area contributed by atoms with Crippen LogP contribution in [-0.2, 0) is 14.8 Å². The Kier molecular flexibility index (Phi) is 5.46. The zero-order valence-electron chi connectivity index (χ0n) is 15.6. The topological polar surface area (TPSA) is 75.7 Å². The van der Waals surface area contributed by atoms with Crippen molar-refractivity contribution in [2.24, 2.45) is 11.8 Å². The molecule has 1 aromatic carbocycles. The monoisotopic (exact) mass is 380 g/mol. The van der Waals surface area contributed by atoms with Gasteiger partial charge in [-0.15, -0.1) is 0 Å². The SMILES string of the molecule is CC(C)Oc1ccc(N(CC(=O)NC2CC3CCC2C3)S(C)(=O)=O)cc1. The van der Waals surface area contributed by atoms with Crippen molar-refractivity contribution >= 4 is 21.6 Å². The van der Waals surface area contributed by atoms with E-state index in [4.69, 9.17) is 4.74 Å². The molecule has 1 N–H and O–H groups in total. The first-order valence-electron chi connectivity index (χ1n) is 9.26. The molecule has 3 unspecified atom stereocenters. The van der Waals surface area contributed by atoms with E-state index in [1.165, 1.54) is 19.3 Å². The molecule has 7 heteroatoms. The summed E-state index contributed by atoms with van der Waals surface area (Å²) >= 11 is 0. The van der Waals surface area contributed by atoms with Crippen LogP contribution in [0.25, 0.3) is 0 Å². The number of fused-ring (bicyclic) bond motifs is 2. The second kappa shape index (κ2) is 7.47. The van der Waals surface area contributed by atoms with Gasteiger partial charge in [0.1, 0.15) is 12.3 Å². The lowest BCUT2D eigenvalue weighted by atomic mass is 9.95. The molecule has 0 heterocycles. The fourth-order valence-electron chi connectivity index (χ4n) is 4.17. The van der Waals surface area contributed by atoms with E-state index in [9.17, 15) is 13.2 Å². The lowest BCUT2D eigenvalue weighted by Gasteiger charge is -2.26. The lowest BCUT2D eigenvalue weighted by Crippen LogP contribution is -2.45. The molecule has 2 saturated carbocycles. The molecule has 0 aromatic heterocycles. The summed E-state index contributed by atoms with van der Waals surface area (Å²) in [7, 11) is -3.56. The molecule has 6 nitrogen and oxygen atoms in total. The van der Waals surface area contributed by atoms with E-state index in [-0.39, 0.29) is 24.6 Å². The zero-order chi connectivity index (χ0) is 18.9. The van der Waals surface area contributed by atoms with Crippen LogP contribution in [0.1, 0.15) is 39.5 Å². The maximum absolute atomic E-state index is 12.5. The molecule has 2 aliphatic rings. The third-order valence-electron chi connectivity index (χ3n) is 5.27. The van der Waals surface area contributed by atoms with Crippen molar-refractivity contribution in [2.45, 2.75) is 51.7 Å². The van der Waals surface area contributed by atoms with Crippen molar-refractivity contribution in [1.82, 2.24) is 5.32 Å². The molecule has 1 aromatic rings. The first kappa shape index (κ1) is 19.0. The van der Waals surface area contributed by atoms with Gasteiger partial charge in [-0.3, -0.25) is 9.10 Å². The molecule has 2 bridgehead atoms. The van der Waals surface area contributed by atoms with Gasteiger partial charge in [0.15, 0.2) is 0 Å². The number of benzene rings is 1. The summed E-state index contributed by atoms with van der Waals surface area (Å²) in [6.45, 7) is 3.66. The van der Waals surface area contributed by atoms with E-state index in [2.05, 4.69) is 5.32 Å². The van der Waals surface area contributed by atoms with Crippen molar-refractivity contribution < 1.29 is 17.9 Å². The molecular formula is C19H28N2O4S. The quantitative estimate of drug-likeness (QED) is 0.789.